The molecule has 0 aliphatic heterocycles. The molecule has 2 rings (SSSR count). The van der Waals surface area contributed by atoms with Crippen molar-refractivity contribution in [2.45, 2.75) is 6.92 Å². The first-order valence-corrected chi connectivity index (χ1v) is 4.13. The van der Waals surface area contributed by atoms with Crippen LogP contribution in [0.5, 0.6) is 0 Å². The van der Waals surface area contributed by atoms with Crippen molar-refractivity contribution in [2.24, 2.45) is 0 Å². The standard InChI is InChI=1S/C10H8N4/c1-6-2-8-9(3-7(6)4-11)13-5-14-10(8)12/h2-3,5H,1H3,(H2,12,13,14). The molecule has 68 valence electrons. The highest BCUT2D eigenvalue weighted by molar-refractivity contribution is 5.89. The van der Waals surface area contributed by atoms with E-state index < -0.39 is 0 Å². The van der Waals surface area contributed by atoms with Gasteiger partial charge in [0.25, 0.3) is 0 Å². The van der Waals surface area contributed by atoms with Crippen LogP contribution in [0.4, 0.5) is 5.82 Å². The van der Waals surface area contributed by atoms with Crippen molar-refractivity contribution in [1.29, 1.82) is 5.26 Å². The molecule has 0 spiro atoms. The molecule has 14 heavy (non-hydrogen) atoms. The summed E-state index contributed by atoms with van der Waals surface area (Å²) in [5.41, 5.74) is 7.90. The van der Waals surface area contributed by atoms with Gasteiger partial charge in [0.15, 0.2) is 0 Å². The summed E-state index contributed by atoms with van der Waals surface area (Å²) < 4.78 is 0. The quantitative estimate of drug-likeness (QED) is 0.671. The van der Waals surface area contributed by atoms with E-state index in [-0.39, 0.29) is 0 Å². The number of aryl methyl sites for hydroxylation is 1. The van der Waals surface area contributed by atoms with Crippen molar-refractivity contribution in [3.05, 3.63) is 29.6 Å². The summed E-state index contributed by atoms with van der Waals surface area (Å²) in [5, 5.41) is 9.62. The van der Waals surface area contributed by atoms with Gasteiger partial charge in [-0.05, 0) is 24.6 Å². The molecule has 0 unspecified atom stereocenters. The fourth-order valence-corrected chi connectivity index (χ4v) is 1.35. The van der Waals surface area contributed by atoms with Gasteiger partial charge in [-0.2, -0.15) is 5.26 Å². The Bertz CT molecular complexity index is 540. The van der Waals surface area contributed by atoms with Gasteiger partial charge in [-0.1, -0.05) is 0 Å². The number of hydrogen-bond acceptors (Lipinski definition) is 4. The van der Waals surface area contributed by atoms with Gasteiger partial charge in [0, 0.05) is 5.39 Å². The molecule has 1 aromatic carbocycles. The molecule has 2 N–H and O–H groups in total. The van der Waals surface area contributed by atoms with Crippen LogP contribution in [0, 0.1) is 18.3 Å². The molecule has 1 heterocycles. The van der Waals surface area contributed by atoms with E-state index in [4.69, 9.17) is 11.0 Å². The summed E-state index contributed by atoms with van der Waals surface area (Å²) in [7, 11) is 0. The molecular formula is C10H8N4. The minimum Gasteiger partial charge on any atom is -0.383 e. The van der Waals surface area contributed by atoms with Gasteiger partial charge >= 0.3 is 0 Å². The van der Waals surface area contributed by atoms with E-state index >= 15 is 0 Å². The SMILES string of the molecule is Cc1cc2c(N)ncnc2cc1C#N. The highest BCUT2D eigenvalue weighted by Gasteiger charge is 2.04. The Kier molecular flexibility index (Phi) is 1.79. The number of anilines is 1. The van der Waals surface area contributed by atoms with Crippen LogP contribution in [0.25, 0.3) is 10.9 Å². The van der Waals surface area contributed by atoms with Crippen LogP contribution in [-0.4, -0.2) is 9.97 Å². The van der Waals surface area contributed by atoms with Crippen molar-refractivity contribution in [2.75, 3.05) is 5.73 Å². The smallest absolute Gasteiger partial charge is 0.134 e. The average Bonchev–Trinajstić information content (AvgIpc) is 2.19. The number of benzene rings is 1. The Balaban J connectivity index is 2.88. The minimum atomic E-state index is 0.447. The third kappa shape index (κ3) is 1.15. The number of rotatable bonds is 0. The molecule has 0 amide bonds. The highest BCUT2D eigenvalue weighted by atomic mass is 14.9. The highest BCUT2D eigenvalue weighted by Crippen LogP contribution is 2.20. The molecule has 4 heteroatoms. The zero-order chi connectivity index (χ0) is 10.1. The molecule has 0 bridgehead atoms. The van der Waals surface area contributed by atoms with E-state index in [0.29, 0.717) is 16.9 Å². The lowest BCUT2D eigenvalue weighted by atomic mass is 10.1. The van der Waals surface area contributed by atoms with Crippen molar-refractivity contribution in [3.8, 4) is 6.07 Å². The lowest BCUT2D eigenvalue weighted by molar-refractivity contribution is 1.22. The topological polar surface area (TPSA) is 75.6 Å². The van der Waals surface area contributed by atoms with E-state index in [9.17, 15) is 0 Å². The van der Waals surface area contributed by atoms with Gasteiger partial charge in [0.05, 0.1) is 17.1 Å². The number of nitriles is 1. The second-order valence-corrected chi connectivity index (χ2v) is 3.05. The first-order valence-electron chi connectivity index (χ1n) is 4.13. The lowest BCUT2D eigenvalue weighted by Crippen LogP contribution is -1.94. The van der Waals surface area contributed by atoms with Gasteiger partial charge in [-0.3, -0.25) is 0 Å². The Hall–Kier alpha value is -2.15. The Morgan fingerprint density at radius 3 is 2.86 bits per heavy atom. The molecule has 4 nitrogen and oxygen atoms in total. The van der Waals surface area contributed by atoms with Crippen molar-refractivity contribution < 1.29 is 0 Å². The second-order valence-electron chi connectivity index (χ2n) is 3.05. The monoisotopic (exact) mass is 184 g/mol. The fourth-order valence-electron chi connectivity index (χ4n) is 1.35. The summed E-state index contributed by atoms with van der Waals surface area (Å²) in [6.07, 6.45) is 1.40. The second kappa shape index (κ2) is 2.96. The first kappa shape index (κ1) is 8.45. The maximum atomic E-state index is 8.82. The van der Waals surface area contributed by atoms with Gasteiger partial charge in [-0.25, -0.2) is 9.97 Å². The fraction of sp³-hybridized carbons (Fsp3) is 0.100. The number of nitrogens with zero attached hydrogens (tertiary/aromatic N) is 3. The van der Waals surface area contributed by atoms with Crippen LogP contribution in [0.3, 0.4) is 0 Å². The van der Waals surface area contributed by atoms with E-state index in [1.54, 1.807) is 6.07 Å². The van der Waals surface area contributed by atoms with Crippen LogP contribution in [0.2, 0.25) is 0 Å². The van der Waals surface area contributed by atoms with Crippen LogP contribution < -0.4 is 5.73 Å². The van der Waals surface area contributed by atoms with Crippen LogP contribution in [0.1, 0.15) is 11.1 Å². The van der Waals surface area contributed by atoms with Gasteiger partial charge in [0.1, 0.15) is 12.1 Å². The average molecular weight is 184 g/mol. The van der Waals surface area contributed by atoms with E-state index in [1.807, 2.05) is 13.0 Å². The molecule has 0 aliphatic rings. The zero-order valence-corrected chi connectivity index (χ0v) is 7.65. The number of aromatic nitrogens is 2. The van der Waals surface area contributed by atoms with Crippen LogP contribution in [-0.2, 0) is 0 Å². The summed E-state index contributed by atoms with van der Waals surface area (Å²) in [6, 6.07) is 5.67. The Morgan fingerprint density at radius 2 is 2.14 bits per heavy atom. The van der Waals surface area contributed by atoms with Gasteiger partial charge in [-0.15, -0.1) is 0 Å². The maximum Gasteiger partial charge on any atom is 0.134 e. The molecule has 0 fully saturated rings. The molecule has 1 aromatic heterocycles. The molecule has 0 saturated carbocycles. The minimum absolute atomic E-state index is 0.447. The molecular weight excluding hydrogens is 176 g/mol. The maximum absolute atomic E-state index is 8.82. The van der Waals surface area contributed by atoms with E-state index in [1.165, 1.54) is 6.33 Å². The molecule has 2 aromatic rings. The summed E-state index contributed by atoms with van der Waals surface area (Å²) in [5.74, 6) is 0.447. The number of hydrogen-bond donors (Lipinski definition) is 1. The zero-order valence-electron chi connectivity index (χ0n) is 7.65. The third-order valence-corrected chi connectivity index (χ3v) is 2.13. The predicted molar refractivity (Wildman–Crippen MR) is 53.4 cm³/mol. The molecule has 0 saturated heterocycles. The lowest BCUT2D eigenvalue weighted by Gasteiger charge is -2.02. The summed E-state index contributed by atoms with van der Waals surface area (Å²) in [4.78, 5) is 7.94. The van der Waals surface area contributed by atoms with Crippen molar-refractivity contribution in [3.63, 3.8) is 0 Å². The normalized spacial score (nSPS) is 10.0. The largest absolute Gasteiger partial charge is 0.383 e. The molecule has 0 aliphatic carbocycles. The van der Waals surface area contributed by atoms with Crippen molar-refractivity contribution >= 4 is 16.7 Å². The molecule has 0 radical (unpaired) electrons. The van der Waals surface area contributed by atoms with Gasteiger partial charge in [0.2, 0.25) is 0 Å². The van der Waals surface area contributed by atoms with Crippen molar-refractivity contribution in [1.82, 2.24) is 9.97 Å². The Labute approximate surface area is 81.0 Å². The molecule has 0 atom stereocenters. The number of fused-ring (bicyclic) bond motifs is 1. The van der Waals surface area contributed by atoms with E-state index in [0.717, 1.165) is 10.9 Å². The summed E-state index contributed by atoms with van der Waals surface area (Å²) >= 11 is 0. The van der Waals surface area contributed by atoms with Crippen LogP contribution in [0.15, 0.2) is 18.5 Å². The number of nitrogen functional groups attached to an aromatic ring is 1. The predicted octanol–water partition coefficient (Wildman–Crippen LogP) is 1.39. The first-order chi connectivity index (χ1) is 6.72. The number of nitrogens with two attached hydrogens (primary N) is 1. The van der Waals surface area contributed by atoms with Crippen LogP contribution >= 0.6 is 0 Å². The Morgan fingerprint density at radius 1 is 1.36 bits per heavy atom. The van der Waals surface area contributed by atoms with Gasteiger partial charge < -0.3 is 5.73 Å². The third-order valence-electron chi connectivity index (χ3n) is 2.13. The van der Waals surface area contributed by atoms with E-state index in [2.05, 4.69) is 16.0 Å². The summed E-state index contributed by atoms with van der Waals surface area (Å²) in [6.45, 7) is 1.87.